The minimum Gasteiger partial charge on any atom is -0.324 e. The molecule has 0 radical (unpaired) electrons. The molecule has 0 aliphatic rings. The van der Waals surface area contributed by atoms with Gasteiger partial charge in [0.2, 0.25) is 5.91 Å². The van der Waals surface area contributed by atoms with Crippen LogP contribution >= 0.6 is 11.6 Å². The molecule has 0 bridgehead atoms. The van der Waals surface area contributed by atoms with Crippen molar-refractivity contribution < 1.29 is 4.79 Å². The Hall–Kier alpha value is -1.84. The quantitative estimate of drug-likeness (QED) is 0.818. The van der Waals surface area contributed by atoms with Crippen molar-refractivity contribution in [2.24, 2.45) is 0 Å². The lowest BCUT2D eigenvalue weighted by molar-refractivity contribution is -0.115. The maximum absolute atomic E-state index is 12.2. The van der Waals surface area contributed by atoms with E-state index < -0.39 is 0 Å². The molecule has 0 spiro atoms. The smallest absolute Gasteiger partial charge is 0.238 e. The molecule has 0 aliphatic heterocycles. The number of halogens is 1. The molecule has 1 atom stereocenters. The zero-order chi connectivity index (χ0) is 16.8. The number of rotatable bonds is 6. The third-order valence-corrected chi connectivity index (χ3v) is 4.29. The van der Waals surface area contributed by atoms with Gasteiger partial charge in [-0.3, -0.25) is 4.79 Å². The highest BCUT2D eigenvalue weighted by Gasteiger charge is 2.12. The molecule has 2 rings (SSSR count). The lowest BCUT2D eigenvalue weighted by Crippen LogP contribution is -2.30. The van der Waals surface area contributed by atoms with Crippen molar-refractivity contribution in [3.05, 3.63) is 64.2 Å². The first kappa shape index (κ1) is 17.5. The van der Waals surface area contributed by atoms with Crippen LogP contribution in [0.15, 0.2) is 42.5 Å². The molecule has 0 heterocycles. The molecule has 4 heteroatoms. The second kappa shape index (κ2) is 8.14. The third kappa shape index (κ3) is 4.57. The average molecular weight is 331 g/mol. The Bertz CT molecular complexity index is 685. The van der Waals surface area contributed by atoms with E-state index >= 15 is 0 Å². The normalized spacial score (nSPS) is 12.0. The molecule has 0 fully saturated rings. The number of carbonyl (C=O) groups excluding carboxylic acids is 1. The molecule has 0 aromatic heterocycles. The summed E-state index contributed by atoms with van der Waals surface area (Å²) in [6, 6.07) is 13.7. The highest BCUT2D eigenvalue weighted by Crippen LogP contribution is 2.23. The van der Waals surface area contributed by atoms with Crippen molar-refractivity contribution in [2.45, 2.75) is 33.2 Å². The van der Waals surface area contributed by atoms with Crippen molar-refractivity contribution in [1.82, 2.24) is 5.32 Å². The molecular weight excluding hydrogens is 308 g/mol. The fourth-order valence-corrected chi connectivity index (χ4v) is 2.87. The van der Waals surface area contributed by atoms with Crippen LogP contribution in [0.1, 0.15) is 36.6 Å². The second-order valence-electron chi connectivity index (χ2n) is 5.63. The van der Waals surface area contributed by atoms with Gasteiger partial charge < -0.3 is 10.6 Å². The molecule has 2 aromatic carbocycles. The van der Waals surface area contributed by atoms with Gasteiger partial charge >= 0.3 is 0 Å². The van der Waals surface area contributed by atoms with Crippen LogP contribution in [0.25, 0.3) is 0 Å². The summed E-state index contributed by atoms with van der Waals surface area (Å²) >= 11 is 6.18. The second-order valence-corrected chi connectivity index (χ2v) is 6.04. The zero-order valence-corrected chi connectivity index (χ0v) is 14.6. The summed E-state index contributed by atoms with van der Waals surface area (Å²) in [5, 5.41) is 6.95. The SMILES string of the molecule is CCc1cccc(C)c1NC(=O)CN[C@@H](C)c1ccccc1Cl. The number of hydrogen-bond donors (Lipinski definition) is 2. The van der Waals surface area contributed by atoms with Crippen molar-refractivity contribution in [3.8, 4) is 0 Å². The van der Waals surface area contributed by atoms with Gasteiger partial charge in [0.1, 0.15) is 0 Å². The molecular formula is C19H23ClN2O. The molecule has 2 aromatic rings. The first-order valence-corrected chi connectivity index (χ1v) is 8.26. The van der Waals surface area contributed by atoms with E-state index in [9.17, 15) is 4.79 Å². The lowest BCUT2D eigenvalue weighted by atomic mass is 10.1. The fourth-order valence-electron chi connectivity index (χ4n) is 2.57. The molecule has 1 amide bonds. The maximum atomic E-state index is 12.2. The van der Waals surface area contributed by atoms with Crippen molar-refractivity contribution in [3.63, 3.8) is 0 Å². The molecule has 23 heavy (non-hydrogen) atoms. The Labute approximate surface area is 143 Å². The molecule has 0 aliphatic carbocycles. The summed E-state index contributed by atoms with van der Waals surface area (Å²) in [6.07, 6.45) is 0.890. The number of amides is 1. The summed E-state index contributed by atoms with van der Waals surface area (Å²) < 4.78 is 0. The van der Waals surface area contributed by atoms with Crippen LogP contribution in [-0.2, 0) is 11.2 Å². The minimum absolute atomic E-state index is 0.0111. The van der Waals surface area contributed by atoms with Crippen LogP contribution in [0.5, 0.6) is 0 Å². The minimum atomic E-state index is -0.0482. The summed E-state index contributed by atoms with van der Waals surface area (Å²) in [5.41, 5.74) is 4.15. The molecule has 122 valence electrons. The Morgan fingerprint density at radius 3 is 2.61 bits per heavy atom. The van der Waals surface area contributed by atoms with Crippen LogP contribution in [0.3, 0.4) is 0 Å². The number of nitrogens with one attached hydrogen (secondary N) is 2. The van der Waals surface area contributed by atoms with Crippen molar-refractivity contribution >= 4 is 23.2 Å². The fraction of sp³-hybridized carbons (Fsp3) is 0.316. The number of hydrogen-bond acceptors (Lipinski definition) is 2. The van der Waals surface area contributed by atoms with E-state index in [0.29, 0.717) is 5.02 Å². The van der Waals surface area contributed by atoms with E-state index in [0.717, 1.165) is 28.8 Å². The van der Waals surface area contributed by atoms with E-state index in [1.165, 1.54) is 0 Å². The summed E-state index contributed by atoms with van der Waals surface area (Å²) in [5.74, 6) is -0.0482. The molecule has 0 unspecified atom stereocenters. The van der Waals surface area contributed by atoms with Gasteiger partial charge in [0.25, 0.3) is 0 Å². The Morgan fingerprint density at radius 1 is 1.17 bits per heavy atom. The number of carbonyl (C=O) groups is 1. The van der Waals surface area contributed by atoms with Crippen LogP contribution in [-0.4, -0.2) is 12.5 Å². The van der Waals surface area contributed by atoms with E-state index in [4.69, 9.17) is 11.6 Å². The van der Waals surface area contributed by atoms with E-state index in [1.54, 1.807) is 0 Å². The lowest BCUT2D eigenvalue weighted by Gasteiger charge is -2.17. The average Bonchev–Trinajstić information content (AvgIpc) is 2.55. The predicted molar refractivity (Wildman–Crippen MR) is 97.1 cm³/mol. The summed E-state index contributed by atoms with van der Waals surface area (Å²) in [7, 11) is 0. The van der Waals surface area contributed by atoms with Gasteiger partial charge in [0.05, 0.1) is 6.54 Å². The van der Waals surface area contributed by atoms with Gasteiger partial charge in [-0.05, 0) is 43.0 Å². The molecule has 0 saturated carbocycles. The maximum Gasteiger partial charge on any atom is 0.238 e. The summed E-state index contributed by atoms with van der Waals surface area (Å²) in [4.78, 5) is 12.2. The largest absolute Gasteiger partial charge is 0.324 e. The van der Waals surface area contributed by atoms with E-state index in [2.05, 4.69) is 17.6 Å². The first-order chi connectivity index (χ1) is 11.0. The number of aryl methyl sites for hydroxylation is 2. The van der Waals surface area contributed by atoms with E-state index in [-0.39, 0.29) is 18.5 Å². The zero-order valence-electron chi connectivity index (χ0n) is 13.8. The monoisotopic (exact) mass is 330 g/mol. The van der Waals surface area contributed by atoms with Gasteiger partial charge in [-0.15, -0.1) is 0 Å². The molecule has 0 saturated heterocycles. The van der Waals surface area contributed by atoms with Gasteiger partial charge in [-0.25, -0.2) is 0 Å². The third-order valence-electron chi connectivity index (χ3n) is 3.94. The van der Waals surface area contributed by atoms with Gasteiger partial charge in [-0.1, -0.05) is 54.9 Å². The predicted octanol–water partition coefficient (Wildman–Crippen LogP) is 4.50. The van der Waals surface area contributed by atoms with E-state index in [1.807, 2.05) is 56.3 Å². The first-order valence-electron chi connectivity index (χ1n) is 7.89. The van der Waals surface area contributed by atoms with Crippen LogP contribution in [0, 0.1) is 6.92 Å². The van der Waals surface area contributed by atoms with Gasteiger partial charge in [0.15, 0.2) is 0 Å². The molecule has 3 nitrogen and oxygen atoms in total. The van der Waals surface area contributed by atoms with Crippen molar-refractivity contribution in [1.29, 1.82) is 0 Å². The summed E-state index contributed by atoms with van der Waals surface area (Å²) in [6.45, 7) is 6.33. The standard InChI is InChI=1S/C19H23ClN2O/c1-4-15-9-7-8-13(2)19(15)22-18(23)12-21-14(3)16-10-5-6-11-17(16)20/h5-11,14,21H,4,12H2,1-3H3,(H,22,23)/t14-/m0/s1. The molecule has 2 N–H and O–H groups in total. The number of anilines is 1. The Balaban J connectivity index is 1.97. The number of benzene rings is 2. The van der Waals surface area contributed by atoms with Gasteiger partial charge in [-0.2, -0.15) is 0 Å². The van der Waals surface area contributed by atoms with Gasteiger partial charge in [0, 0.05) is 16.8 Å². The Morgan fingerprint density at radius 2 is 1.91 bits per heavy atom. The van der Waals surface area contributed by atoms with Crippen molar-refractivity contribution in [2.75, 3.05) is 11.9 Å². The van der Waals surface area contributed by atoms with Crippen LogP contribution in [0.4, 0.5) is 5.69 Å². The highest BCUT2D eigenvalue weighted by atomic mass is 35.5. The van der Waals surface area contributed by atoms with Crippen LogP contribution in [0.2, 0.25) is 5.02 Å². The highest BCUT2D eigenvalue weighted by molar-refractivity contribution is 6.31. The number of para-hydroxylation sites is 1. The topological polar surface area (TPSA) is 41.1 Å². The van der Waals surface area contributed by atoms with Crippen LogP contribution < -0.4 is 10.6 Å². The Kier molecular flexibility index (Phi) is 6.20.